The van der Waals surface area contributed by atoms with Gasteiger partial charge in [0.2, 0.25) is 0 Å². The number of ether oxygens (including phenoxy) is 2. The maximum absolute atomic E-state index is 11.5. The molecular weight excluding hydrogens is 322 g/mol. The lowest BCUT2D eigenvalue weighted by atomic mass is 10.0. The van der Waals surface area contributed by atoms with E-state index in [2.05, 4.69) is 20.9 Å². The van der Waals surface area contributed by atoms with E-state index < -0.39 is 0 Å². The number of carbonyl (C=O) groups excluding carboxylic acids is 1. The van der Waals surface area contributed by atoms with Gasteiger partial charge in [-0.1, -0.05) is 6.07 Å². The van der Waals surface area contributed by atoms with Gasteiger partial charge in [-0.3, -0.25) is 0 Å². The highest BCUT2D eigenvalue weighted by Gasteiger charge is 2.27. The van der Waals surface area contributed by atoms with Crippen LogP contribution in [-0.2, 0) is 11.2 Å². The van der Waals surface area contributed by atoms with Crippen molar-refractivity contribution in [2.24, 2.45) is 0 Å². The van der Waals surface area contributed by atoms with Crippen molar-refractivity contribution in [1.82, 2.24) is 4.98 Å². The first kappa shape index (κ1) is 13.1. The summed E-state index contributed by atoms with van der Waals surface area (Å²) in [5, 5.41) is 0. The average molecular weight is 334 g/mol. The zero-order valence-electron chi connectivity index (χ0n) is 10.8. The SMILES string of the molecule is COC(=O)c1ccc2c(c1)C[C@@H](c1cccnc1Br)O2. The number of carbonyl (C=O) groups is 1. The Bertz CT molecular complexity index is 672. The Balaban J connectivity index is 1.89. The minimum Gasteiger partial charge on any atom is -0.485 e. The van der Waals surface area contributed by atoms with Crippen molar-refractivity contribution in [3.8, 4) is 5.75 Å². The van der Waals surface area contributed by atoms with Gasteiger partial charge in [0.15, 0.2) is 0 Å². The lowest BCUT2D eigenvalue weighted by molar-refractivity contribution is 0.0600. The first-order valence-corrected chi connectivity index (χ1v) is 6.96. The van der Waals surface area contributed by atoms with Crippen molar-refractivity contribution < 1.29 is 14.3 Å². The zero-order chi connectivity index (χ0) is 14.1. The van der Waals surface area contributed by atoms with Gasteiger partial charge in [0.25, 0.3) is 0 Å². The Morgan fingerprint density at radius 1 is 1.45 bits per heavy atom. The molecule has 4 nitrogen and oxygen atoms in total. The second-order valence-electron chi connectivity index (χ2n) is 4.51. The first-order chi connectivity index (χ1) is 9.69. The summed E-state index contributed by atoms with van der Waals surface area (Å²) in [6, 6.07) is 9.21. The predicted octanol–water partition coefficient (Wildman–Crippen LogP) is 3.31. The summed E-state index contributed by atoms with van der Waals surface area (Å²) in [5.74, 6) is 0.470. The van der Waals surface area contributed by atoms with Gasteiger partial charge >= 0.3 is 5.97 Å². The van der Waals surface area contributed by atoms with E-state index in [1.807, 2.05) is 24.3 Å². The summed E-state index contributed by atoms with van der Waals surface area (Å²) in [7, 11) is 1.38. The maximum atomic E-state index is 11.5. The van der Waals surface area contributed by atoms with Gasteiger partial charge in [0, 0.05) is 18.2 Å². The molecular formula is C15H12BrNO3. The number of fused-ring (bicyclic) bond motifs is 1. The lowest BCUT2D eigenvalue weighted by Crippen LogP contribution is -2.04. The third-order valence-corrected chi connectivity index (χ3v) is 3.95. The highest BCUT2D eigenvalue weighted by atomic mass is 79.9. The van der Waals surface area contributed by atoms with Crippen molar-refractivity contribution in [1.29, 1.82) is 0 Å². The minimum absolute atomic E-state index is 0.0824. The highest BCUT2D eigenvalue weighted by molar-refractivity contribution is 9.10. The number of pyridine rings is 1. The number of esters is 1. The van der Waals surface area contributed by atoms with E-state index >= 15 is 0 Å². The van der Waals surface area contributed by atoms with Gasteiger partial charge in [-0.15, -0.1) is 0 Å². The van der Waals surface area contributed by atoms with E-state index in [4.69, 9.17) is 9.47 Å². The van der Waals surface area contributed by atoms with Gasteiger partial charge in [-0.05, 0) is 45.8 Å². The highest BCUT2D eigenvalue weighted by Crippen LogP contribution is 2.38. The van der Waals surface area contributed by atoms with Crippen LogP contribution in [0, 0.1) is 0 Å². The Morgan fingerprint density at radius 3 is 3.05 bits per heavy atom. The average Bonchev–Trinajstić information content (AvgIpc) is 2.89. The van der Waals surface area contributed by atoms with Crippen molar-refractivity contribution in [3.63, 3.8) is 0 Å². The van der Waals surface area contributed by atoms with Gasteiger partial charge in [-0.2, -0.15) is 0 Å². The van der Waals surface area contributed by atoms with Gasteiger partial charge in [-0.25, -0.2) is 9.78 Å². The summed E-state index contributed by atoms with van der Waals surface area (Å²) < 4.78 is 11.4. The number of benzene rings is 1. The smallest absolute Gasteiger partial charge is 0.337 e. The molecule has 0 radical (unpaired) electrons. The van der Waals surface area contributed by atoms with E-state index in [1.165, 1.54) is 7.11 Å². The largest absolute Gasteiger partial charge is 0.485 e. The molecule has 0 spiro atoms. The Labute approximate surface area is 124 Å². The number of hydrogen-bond acceptors (Lipinski definition) is 4. The fraction of sp³-hybridized carbons (Fsp3) is 0.200. The number of halogens is 1. The fourth-order valence-corrected chi connectivity index (χ4v) is 2.81. The number of methoxy groups -OCH3 is 1. The van der Waals surface area contributed by atoms with Crippen LogP contribution in [0.15, 0.2) is 41.1 Å². The monoisotopic (exact) mass is 333 g/mol. The van der Waals surface area contributed by atoms with Gasteiger partial charge in [0.1, 0.15) is 16.5 Å². The van der Waals surface area contributed by atoms with Gasteiger partial charge in [0.05, 0.1) is 12.7 Å². The van der Waals surface area contributed by atoms with E-state index in [0.29, 0.717) is 12.0 Å². The molecule has 0 unspecified atom stereocenters. The van der Waals surface area contributed by atoms with Crippen LogP contribution in [0.2, 0.25) is 0 Å². The molecule has 1 aromatic carbocycles. The molecule has 102 valence electrons. The van der Waals surface area contributed by atoms with Crippen LogP contribution in [-0.4, -0.2) is 18.1 Å². The van der Waals surface area contributed by atoms with Crippen molar-refractivity contribution in [2.45, 2.75) is 12.5 Å². The summed E-state index contributed by atoms with van der Waals surface area (Å²) in [4.78, 5) is 15.7. The van der Waals surface area contributed by atoms with Gasteiger partial charge < -0.3 is 9.47 Å². The van der Waals surface area contributed by atoms with Crippen molar-refractivity contribution in [3.05, 3.63) is 57.8 Å². The van der Waals surface area contributed by atoms with E-state index in [1.54, 1.807) is 12.3 Å². The summed E-state index contributed by atoms with van der Waals surface area (Å²) in [6.45, 7) is 0. The molecule has 1 aliphatic heterocycles. The standard InChI is InChI=1S/C15H12BrNO3/c1-19-15(18)9-4-5-12-10(7-9)8-13(20-12)11-3-2-6-17-14(11)16/h2-7,13H,8H2,1H3/t13-/m0/s1. The van der Waals surface area contributed by atoms with Crippen LogP contribution in [0.1, 0.15) is 27.6 Å². The molecule has 0 saturated carbocycles. The topological polar surface area (TPSA) is 48.4 Å². The Morgan fingerprint density at radius 2 is 2.30 bits per heavy atom. The van der Waals surface area contributed by atoms with E-state index in [9.17, 15) is 4.79 Å². The molecule has 0 fully saturated rings. The molecule has 2 aromatic rings. The second-order valence-corrected chi connectivity index (χ2v) is 5.26. The number of aromatic nitrogens is 1. The molecule has 2 heterocycles. The molecule has 0 aliphatic carbocycles. The Hall–Kier alpha value is -1.88. The number of hydrogen-bond donors (Lipinski definition) is 0. The van der Waals surface area contributed by atoms with E-state index in [-0.39, 0.29) is 12.1 Å². The van der Waals surface area contributed by atoms with Crippen LogP contribution >= 0.6 is 15.9 Å². The molecule has 1 atom stereocenters. The zero-order valence-corrected chi connectivity index (χ0v) is 12.4. The molecule has 1 aromatic heterocycles. The number of nitrogens with zero attached hydrogens (tertiary/aromatic N) is 1. The summed E-state index contributed by atoms with van der Waals surface area (Å²) in [5.41, 5.74) is 2.55. The van der Waals surface area contributed by atoms with Crippen LogP contribution in [0.3, 0.4) is 0 Å². The quantitative estimate of drug-likeness (QED) is 0.625. The molecule has 0 amide bonds. The maximum Gasteiger partial charge on any atom is 0.337 e. The first-order valence-electron chi connectivity index (χ1n) is 6.17. The van der Waals surface area contributed by atoms with Crippen LogP contribution in [0.4, 0.5) is 0 Å². The molecule has 20 heavy (non-hydrogen) atoms. The Kier molecular flexibility index (Phi) is 3.44. The molecule has 0 N–H and O–H groups in total. The van der Waals surface area contributed by atoms with Crippen molar-refractivity contribution >= 4 is 21.9 Å². The second kappa shape index (κ2) is 5.25. The van der Waals surface area contributed by atoms with Crippen LogP contribution in [0.5, 0.6) is 5.75 Å². The fourth-order valence-electron chi connectivity index (χ4n) is 2.31. The third kappa shape index (κ3) is 2.29. The van der Waals surface area contributed by atoms with Crippen molar-refractivity contribution in [2.75, 3.05) is 7.11 Å². The molecule has 0 saturated heterocycles. The lowest BCUT2D eigenvalue weighted by Gasteiger charge is -2.11. The van der Waals surface area contributed by atoms with E-state index in [0.717, 1.165) is 21.5 Å². The molecule has 0 bridgehead atoms. The summed E-state index contributed by atoms with van der Waals surface area (Å²) >= 11 is 3.43. The molecule has 1 aliphatic rings. The van der Waals surface area contributed by atoms with Crippen LogP contribution in [0.25, 0.3) is 0 Å². The number of rotatable bonds is 2. The third-order valence-electron chi connectivity index (χ3n) is 3.29. The molecule has 3 rings (SSSR count). The summed E-state index contributed by atoms with van der Waals surface area (Å²) in [6.07, 6.45) is 2.36. The van der Waals surface area contributed by atoms with Crippen LogP contribution < -0.4 is 4.74 Å². The normalized spacial score (nSPS) is 16.4. The minimum atomic E-state index is -0.334. The predicted molar refractivity (Wildman–Crippen MR) is 76.8 cm³/mol. The molecule has 5 heteroatoms.